The van der Waals surface area contributed by atoms with E-state index >= 15 is 0 Å². The number of hydrogen-bond donors (Lipinski definition) is 1. The lowest BCUT2D eigenvalue weighted by Gasteiger charge is -2.35. The van der Waals surface area contributed by atoms with E-state index in [4.69, 9.17) is 10.3 Å². The second kappa shape index (κ2) is 6.47. The van der Waals surface area contributed by atoms with Crippen LogP contribution in [-0.4, -0.2) is 21.9 Å². The van der Waals surface area contributed by atoms with E-state index in [-0.39, 0.29) is 19.0 Å². The first-order chi connectivity index (χ1) is 9.28. The minimum atomic E-state index is 0. The van der Waals surface area contributed by atoms with Gasteiger partial charge in [-0.25, -0.2) is 0 Å². The molecular weight excluding hydrogens is 296 g/mol. The van der Waals surface area contributed by atoms with E-state index in [0.29, 0.717) is 24.3 Å². The fourth-order valence-corrected chi connectivity index (χ4v) is 3.29. The molecule has 0 saturated heterocycles. The molecule has 0 spiro atoms. The average molecular weight is 313 g/mol. The Hall–Kier alpha value is -1.24. The largest absolute Gasteiger partial charge is 0.359 e. The fraction of sp³-hybridized carbons (Fsp3) is 0.385. The van der Waals surface area contributed by atoms with Gasteiger partial charge in [0, 0.05) is 16.7 Å². The molecule has 2 heterocycles. The van der Waals surface area contributed by atoms with Gasteiger partial charge < -0.3 is 15.2 Å². The molecule has 2 aromatic rings. The second-order valence-corrected chi connectivity index (χ2v) is 5.63. The highest BCUT2D eigenvalue weighted by Gasteiger charge is 2.24. The molecule has 0 amide bonds. The summed E-state index contributed by atoms with van der Waals surface area (Å²) in [5.74, 6) is 2.25. The van der Waals surface area contributed by atoms with Crippen molar-refractivity contribution in [1.29, 1.82) is 0 Å². The van der Waals surface area contributed by atoms with Gasteiger partial charge in [-0.1, -0.05) is 17.3 Å². The minimum absolute atomic E-state index is 0. The highest BCUT2D eigenvalue weighted by Crippen LogP contribution is 2.37. The Balaban J connectivity index is 0.00000147. The zero-order valence-electron chi connectivity index (χ0n) is 11.2. The topological polar surface area (TPSA) is 68.2 Å². The normalized spacial score (nSPS) is 17.5. The lowest BCUT2D eigenvalue weighted by Crippen LogP contribution is -2.37. The van der Waals surface area contributed by atoms with Gasteiger partial charge in [0.05, 0.1) is 18.8 Å². The van der Waals surface area contributed by atoms with Crippen molar-refractivity contribution >= 4 is 29.9 Å². The van der Waals surface area contributed by atoms with Crippen LogP contribution in [0.25, 0.3) is 0 Å². The first-order valence-corrected chi connectivity index (χ1v) is 7.26. The Kier molecular flexibility index (Phi) is 4.91. The number of nitrogens with zero attached hydrogens (tertiary/aromatic N) is 3. The van der Waals surface area contributed by atoms with Crippen LogP contribution >= 0.6 is 24.2 Å². The standard InChI is InChI=1S/C13H16N4OS.ClH/c1-9-8-19-11-5-3-2-4-10(11)17(9)7-12-15-13(6-14)18-16-12;/h2-5,9H,6-8,14H2,1H3;1H. The number of anilines is 1. The van der Waals surface area contributed by atoms with Crippen LogP contribution in [0.2, 0.25) is 0 Å². The number of nitrogens with two attached hydrogens (primary N) is 1. The van der Waals surface area contributed by atoms with Crippen LogP contribution in [0.1, 0.15) is 18.6 Å². The molecule has 3 rings (SSSR count). The summed E-state index contributed by atoms with van der Waals surface area (Å²) in [4.78, 5) is 7.90. The Morgan fingerprint density at radius 1 is 1.45 bits per heavy atom. The van der Waals surface area contributed by atoms with E-state index in [1.165, 1.54) is 10.6 Å². The van der Waals surface area contributed by atoms with Gasteiger partial charge in [-0.3, -0.25) is 0 Å². The van der Waals surface area contributed by atoms with Crippen LogP contribution in [0, 0.1) is 0 Å². The molecule has 0 aliphatic carbocycles. The first kappa shape index (κ1) is 15.2. The van der Waals surface area contributed by atoms with Crippen LogP contribution in [-0.2, 0) is 13.1 Å². The number of para-hydroxylation sites is 1. The molecular formula is C13H17ClN4OS. The van der Waals surface area contributed by atoms with Gasteiger partial charge in [0.15, 0.2) is 5.82 Å². The smallest absolute Gasteiger partial charge is 0.240 e. The van der Waals surface area contributed by atoms with Gasteiger partial charge in [0.1, 0.15) is 0 Å². The van der Waals surface area contributed by atoms with Gasteiger partial charge in [-0.2, -0.15) is 4.98 Å². The summed E-state index contributed by atoms with van der Waals surface area (Å²) in [5.41, 5.74) is 6.73. The second-order valence-electron chi connectivity index (χ2n) is 4.56. The maximum absolute atomic E-state index is 5.49. The van der Waals surface area contributed by atoms with E-state index in [1.807, 2.05) is 11.8 Å². The number of fused-ring (bicyclic) bond motifs is 1. The van der Waals surface area contributed by atoms with Crippen LogP contribution < -0.4 is 10.6 Å². The highest BCUT2D eigenvalue weighted by atomic mass is 35.5. The van der Waals surface area contributed by atoms with Gasteiger partial charge in [-0.15, -0.1) is 24.2 Å². The number of thioether (sulfide) groups is 1. The third-order valence-corrected chi connectivity index (χ3v) is 4.49. The molecule has 1 aliphatic rings. The molecule has 20 heavy (non-hydrogen) atoms. The molecule has 108 valence electrons. The summed E-state index contributed by atoms with van der Waals surface area (Å²) in [6.45, 7) is 3.16. The third kappa shape index (κ3) is 2.92. The average Bonchev–Trinajstić information content (AvgIpc) is 2.90. The van der Waals surface area contributed by atoms with Crippen molar-refractivity contribution in [2.45, 2.75) is 31.0 Å². The highest BCUT2D eigenvalue weighted by molar-refractivity contribution is 7.99. The predicted molar refractivity (Wildman–Crippen MR) is 82.2 cm³/mol. The Labute approximate surface area is 128 Å². The summed E-state index contributed by atoms with van der Waals surface area (Å²) >= 11 is 1.89. The molecule has 5 nitrogen and oxygen atoms in total. The van der Waals surface area contributed by atoms with Crippen molar-refractivity contribution in [2.24, 2.45) is 5.73 Å². The molecule has 0 radical (unpaired) electrons. The van der Waals surface area contributed by atoms with Crippen LogP contribution in [0.5, 0.6) is 0 Å². The monoisotopic (exact) mass is 312 g/mol. The van der Waals surface area contributed by atoms with Gasteiger partial charge in [-0.05, 0) is 19.1 Å². The lowest BCUT2D eigenvalue weighted by atomic mass is 10.2. The molecule has 7 heteroatoms. The lowest BCUT2D eigenvalue weighted by molar-refractivity contribution is 0.374. The first-order valence-electron chi connectivity index (χ1n) is 6.28. The van der Waals surface area contributed by atoms with Crippen LogP contribution in [0.4, 0.5) is 5.69 Å². The quantitative estimate of drug-likeness (QED) is 0.939. The van der Waals surface area contributed by atoms with E-state index in [0.717, 1.165) is 5.75 Å². The summed E-state index contributed by atoms with van der Waals surface area (Å²) in [7, 11) is 0. The van der Waals surface area contributed by atoms with Crippen LogP contribution in [0.15, 0.2) is 33.7 Å². The zero-order chi connectivity index (χ0) is 13.2. The fourth-order valence-electron chi connectivity index (χ4n) is 2.18. The number of rotatable bonds is 3. The summed E-state index contributed by atoms with van der Waals surface area (Å²) < 4.78 is 5.06. The molecule has 0 saturated carbocycles. The Morgan fingerprint density at radius 3 is 3.00 bits per heavy atom. The Morgan fingerprint density at radius 2 is 2.25 bits per heavy atom. The minimum Gasteiger partial charge on any atom is -0.359 e. The van der Waals surface area contributed by atoms with Crippen molar-refractivity contribution < 1.29 is 4.52 Å². The molecule has 1 unspecified atom stereocenters. The zero-order valence-corrected chi connectivity index (χ0v) is 12.8. The van der Waals surface area contributed by atoms with Gasteiger partial charge >= 0.3 is 0 Å². The van der Waals surface area contributed by atoms with Crippen molar-refractivity contribution in [3.63, 3.8) is 0 Å². The molecule has 0 fully saturated rings. The summed E-state index contributed by atoms with van der Waals surface area (Å²) in [5, 5.41) is 3.97. The molecule has 1 aliphatic heterocycles. The van der Waals surface area contributed by atoms with Gasteiger partial charge in [0.25, 0.3) is 0 Å². The molecule has 1 atom stereocenters. The maximum atomic E-state index is 5.49. The van der Waals surface area contributed by atoms with Gasteiger partial charge in [0.2, 0.25) is 5.89 Å². The van der Waals surface area contributed by atoms with E-state index < -0.39 is 0 Å². The summed E-state index contributed by atoms with van der Waals surface area (Å²) in [6.07, 6.45) is 0. The molecule has 1 aromatic heterocycles. The predicted octanol–water partition coefficient (Wildman–Crippen LogP) is 2.45. The maximum Gasteiger partial charge on any atom is 0.240 e. The van der Waals surface area contributed by atoms with Crippen molar-refractivity contribution in [3.05, 3.63) is 36.0 Å². The molecule has 1 aromatic carbocycles. The van der Waals surface area contributed by atoms with Crippen LogP contribution in [0.3, 0.4) is 0 Å². The number of benzene rings is 1. The molecule has 0 bridgehead atoms. The van der Waals surface area contributed by atoms with E-state index in [2.05, 4.69) is 46.2 Å². The SMILES string of the molecule is CC1CSc2ccccc2N1Cc1noc(CN)n1.Cl. The Bertz CT molecular complexity index is 577. The molecule has 2 N–H and O–H groups in total. The van der Waals surface area contributed by atoms with Crippen molar-refractivity contribution in [2.75, 3.05) is 10.7 Å². The number of aromatic nitrogens is 2. The third-order valence-electron chi connectivity index (χ3n) is 3.18. The van der Waals surface area contributed by atoms with Crippen molar-refractivity contribution in [3.8, 4) is 0 Å². The number of halogens is 1. The number of hydrogen-bond acceptors (Lipinski definition) is 6. The van der Waals surface area contributed by atoms with Crippen molar-refractivity contribution in [1.82, 2.24) is 10.1 Å². The summed E-state index contributed by atoms with van der Waals surface area (Å²) in [6, 6.07) is 8.87. The van der Waals surface area contributed by atoms with E-state index in [9.17, 15) is 0 Å². The van der Waals surface area contributed by atoms with E-state index in [1.54, 1.807) is 0 Å².